The molecular formula is C16H19N5O4. The molecular weight excluding hydrogens is 326 g/mol. The Balaban J connectivity index is 1.85. The molecule has 0 saturated carbocycles. The highest BCUT2D eigenvalue weighted by Crippen LogP contribution is 2.34. The molecule has 3 rings (SSSR count). The summed E-state index contributed by atoms with van der Waals surface area (Å²) in [5, 5.41) is 17.2. The second kappa shape index (κ2) is 6.50. The topological polar surface area (TPSA) is 110 Å². The molecule has 1 aliphatic rings. The van der Waals surface area contributed by atoms with Crippen LogP contribution in [-0.2, 0) is 18.9 Å². The molecule has 25 heavy (non-hydrogen) atoms. The molecule has 3 heterocycles. The molecule has 2 aromatic rings. The summed E-state index contributed by atoms with van der Waals surface area (Å²) >= 11 is 0. The number of hydrogen-bond donors (Lipinski definition) is 1. The summed E-state index contributed by atoms with van der Waals surface area (Å²) in [5.41, 5.74) is 0.889. The molecule has 1 N–H and O–H groups in total. The van der Waals surface area contributed by atoms with E-state index in [1.807, 2.05) is 0 Å². The highest BCUT2D eigenvalue weighted by molar-refractivity contribution is 5.94. The summed E-state index contributed by atoms with van der Waals surface area (Å²) < 4.78 is 2.91. The number of carbonyl (C=O) groups is 2. The van der Waals surface area contributed by atoms with Crippen LogP contribution in [0.2, 0.25) is 0 Å². The molecule has 0 spiro atoms. The van der Waals surface area contributed by atoms with E-state index in [1.165, 1.54) is 22.9 Å². The van der Waals surface area contributed by atoms with E-state index in [9.17, 15) is 14.4 Å². The normalized spacial score (nSPS) is 20.0. The van der Waals surface area contributed by atoms with Crippen LogP contribution in [0.1, 0.15) is 28.4 Å². The molecule has 2 aromatic heterocycles. The first kappa shape index (κ1) is 16.9. The van der Waals surface area contributed by atoms with E-state index in [-0.39, 0.29) is 29.7 Å². The van der Waals surface area contributed by atoms with Gasteiger partial charge < -0.3 is 14.6 Å². The molecule has 132 valence electrons. The second-order valence-corrected chi connectivity index (χ2v) is 6.36. The van der Waals surface area contributed by atoms with Gasteiger partial charge in [0, 0.05) is 51.6 Å². The molecule has 1 fully saturated rings. The molecule has 0 radical (unpaired) electrons. The Labute approximate surface area is 143 Å². The van der Waals surface area contributed by atoms with Gasteiger partial charge >= 0.3 is 5.97 Å². The fourth-order valence-electron chi connectivity index (χ4n) is 3.24. The summed E-state index contributed by atoms with van der Waals surface area (Å²) in [7, 11) is 3.32. The Kier molecular flexibility index (Phi) is 4.39. The quantitative estimate of drug-likeness (QED) is 0.825. The van der Waals surface area contributed by atoms with Crippen LogP contribution >= 0.6 is 0 Å². The molecule has 0 unspecified atom stereocenters. The lowest BCUT2D eigenvalue weighted by Crippen LogP contribution is -2.30. The fourth-order valence-corrected chi connectivity index (χ4v) is 3.24. The third-order valence-corrected chi connectivity index (χ3v) is 4.50. The Morgan fingerprint density at radius 2 is 2.00 bits per heavy atom. The summed E-state index contributed by atoms with van der Waals surface area (Å²) in [4.78, 5) is 37.0. The number of aromatic nitrogens is 4. The van der Waals surface area contributed by atoms with Gasteiger partial charge in [0.2, 0.25) is 5.56 Å². The Morgan fingerprint density at radius 1 is 1.24 bits per heavy atom. The smallest absolute Gasteiger partial charge is 0.303 e. The van der Waals surface area contributed by atoms with Crippen LogP contribution in [0.3, 0.4) is 0 Å². The van der Waals surface area contributed by atoms with Crippen LogP contribution in [0.15, 0.2) is 29.3 Å². The summed E-state index contributed by atoms with van der Waals surface area (Å²) in [6.45, 7) is 0.702. The molecule has 9 heteroatoms. The highest BCUT2D eigenvalue weighted by Gasteiger charge is 2.39. The zero-order chi connectivity index (χ0) is 18.1. The van der Waals surface area contributed by atoms with Crippen molar-refractivity contribution in [1.29, 1.82) is 0 Å². The Bertz CT molecular complexity index is 871. The molecule has 1 aliphatic heterocycles. The van der Waals surface area contributed by atoms with Crippen LogP contribution in [0.4, 0.5) is 0 Å². The zero-order valence-electron chi connectivity index (χ0n) is 14.0. The van der Waals surface area contributed by atoms with Gasteiger partial charge in [-0.2, -0.15) is 0 Å². The molecule has 1 amide bonds. The van der Waals surface area contributed by atoms with Gasteiger partial charge in [-0.25, -0.2) is 0 Å². The van der Waals surface area contributed by atoms with Crippen molar-refractivity contribution >= 4 is 11.9 Å². The third-order valence-electron chi connectivity index (χ3n) is 4.50. The molecule has 1 saturated heterocycles. The van der Waals surface area contributed by atoms with Crippen molar-refractivity contribution in [2.45, 2.75) is 12.3 Å². The van der Waals surface area contributed by atoms with Crippen molar-refractivity contribution in [1.82, 2.24) is 24.5 Å². The summed E-state index contributed by atoms with van der Waals surface area (Å²) in [5.74, 6) is -1.54. The van der Waals surface area contributed by atoms with E-state index in [4.69, 9.17) is 5.11 Å². The van der Waals surface area contributed by atoms with Crippen molar-refractivity contribution in [2.75, 3.05) is 13.1 Å². The first-order chi connectivity index (χ1) is 11.8. The number of rotatable bonds is 4. The number of carbonyl (C=O) groups excluding carboxylic acids is 1. The largest absolute Gasteiger partial charge is 0.481 e. The van der Waals surface area contributed by atoms with Gasteiger partial charge in [0.1, 0.15) is 0 Å². The minimum atomic E-state index is -0.907. The molecule has 0 bridgehead atoms. The summed E-state index contributed by atoms with van der Waals surface area (Å²) in [6, 6.07) is 2.84. The number of aliphatic carboxylic acids is 1. The number of hydrogen-bond acceptors (Lipinski definition) is 5. The van der Waals surface area contributed by atoms with Crippen LogP contribution in [0.5, 0.6) is 0 Å². The number of carboxylic acids is 1. The first-order valence-electron chi connectivity index (χ1n) is 7.89. The van der Waals surface area contributed by atoms with Crippen molar-refractivity contribution in [3.63, 3.8) is 0 Å². The molecule has 9 nitrogen and oxygen atoms in total. The van der Waals surface area contributed by atoms with Gasteiger partial charge in [0.15, 0.2) is 0 Å². The molecule has 0 aromatic carbocycles. The van der Waals surface area contributed by atoms with Gasteiger partial charge in [-0.05, 0) is 12.0 Å². The zero-order valence-corrected chi connectivity index (χ0v) is 14.0. The monoisotopic (exact) mass is 345 g/mol. The first-order valence-corrected chi connectivity index (χ1v) is 7.89. The average Bonchev–Trinajstić information content (AvgIpc) is 3.15. The maximum Gasteiger partial charge on any atom is 0.303 e. The number of aryl methyl sites for hydroxylation is 2. The number of pyridine rings is 1. The van der Waals surface area contributed by atoms with Crippen molar-refractivity contribution in [2.24, 2.45) is 20.0 Å². The van der Waals surface area contributed by atoms with Gasteiger partial charge in [0.25, 0.3) is 5.91 Å². The van der Waals surface area contributed by atoms with Crippen molar-refractivity contribution in [3.8, 4) is 0 Å². The van der Waals surface area contributed by atoms with Crippen molar-refractivity contribution < 1.29 is 14.7 Å². The fraction of sp³-hybridized carbons (Fsp3) is 0.438. The van der Waals surface area contributed by atoms with E-state index in [0.717, 1.165) is 0 Å². The van der Waals surface area contributed by atoms with Crippen LogP contribution in [-0.4, -0.2) is 54.5 Å². The molecule has 0 aliphatic carbocycles. The maximum atomic E-state index is 12.7. The predicted octanol–water partition coefficient (Wildman–Crippen LogP) is -0.156. The van der Waals surface area contributed by atoms with Crippen LogP contribution in [0.25, 0.3) is 0 Å². The van der Waals surface area contributed by atoms with E-state index < -0.39 is 5.97 Å². The number of likely N-dealkylation sites (tertiary alicyclic amines) is 1. The lowest BCUT2D eigenvalue weighted by atomic mass is 9.91. The number of carboxylic acid groups (broad SMARTS) is 1. The van der Waals surface area contributed by atoms with E-state index >= 15 is 0 Å². The average molecular weight is 345 g/mol. The van der Waals surface area contributed by atoms with E-state index in [0.29, 0.717) is 24.3 Å². The number of amides is 1. The van der Waals surface area contributed by atoms with E-state index in [1.54, 1.807) is 29.9 Å². The van der Waals surface area contributed by atoms with Crippen LogP contribution < -0.4 is 5.56 Å². The number of nitrogens with zero attached hydrogens (tertiary/aromatic N) is 5. The second-order valence-electron chi connectivity index (χ2n) is 6.36. The SMILES string of the molecule is Cn1cc([C@H]2CN(C(=O)c3ccc(=O)n(C)c3)C[C@H]2CC(=O)O)nn1. The standard InChI is InChI=1S/C16H19N5O4/c1-19-6-10(3-4-14(19)22)16(25)21-7-11(5-15(23)24)12(8-21)13-9-20(2)18-17-13/h3-4,6,9,11-12H,5,7-8H2,1-2H3,(H,23,24)/t11-,12+/m1/s1. The van der Waals surface area contributed by atoms with Gasteiger partial charge in [-0.15, -0.1) is 5.10 Å². The minimum absolute atomic E-state index is 0.0434. The van der Waals surface area contributed by atoms with Gasteiger partial charge in [-0.3, -0.25) is 19.1 Å². The van der Waals surface area contributed by atoms with E-state index in [2.05, 4.69) is 10.3 Å². The van der Waals surface area contributed by atoms with Gasteiger partial charge in [0.05, 0.1) is 17.7 Å². The molecule has 2 atom stereocenters. The maximum absolute atomic E-state index is 12.7. The third kappa shape index (κ3) is 3.44. The Morgan fingerprint density at radius 3 is 2.60 bits per heavy atom. The Hall–Kier alpha value is -2.97. The minimum Gasteiger partial charge on any atom is -0.481 e. The lowest BCUT2D eigenvalue weighted by Gasteiger charge is -2.16. The van der Waals surface area contributed by atoms with Crippen LogP contribution in [0, 0.1) is 5.92 Å². The lowest BCUT2D eigenvalue weighted by molar-refractivity contribution is -0.138. The summed E-state index contributed by atoms with van der Waals surface area (Å²) in [6.07, 6.45) is 3.20. The van der Waals surface area contributed by atoms with Crippen molar-refractivity contribution in [3.05, 3.63) is 46.1 Å². The predicted molar refractivity (Wildman–Crippen MR) is 87.1 cm³/mol. The highest BCUT2D eigenvalue weighted by atomic mass is 16.4. The van der Waals surface area contributed by atoms with Gasteiger partial charge in [-0.1, -0.05) is 5.21 Å².